The largest absolute Gasteiger partial charge is 0.308 e. The zero-order valence-corrected chi connectivity index (χ0v) is 7.76. The first-order valence-electron chi connectivity index (χ1n) is 3.98. The number of hydrogen-bond acceptors (Lipinski definition) is 3. The highest BCUT2D eigenvalue weighted by Crippen LogP contribution is 2.20. The van der Waals surface area contributed by atoms with Gasteiger partial charge in [0.15, 0.2) is 0 Å². The quantitative estimate of drug-likeness (QED) is 0.491. The van der Waals surface area contributed by atoms with Crippen molar-refractivity contribution in [2.45, 2.75) is 26.2 Å². The molecule has 1 aromatic heterocycles. The summed E-state index contributed by atoms with van der Waals surface area (Å²) in [6, 6.07) is 5.79. The molecule has 66 valence electrons. The van der Waals surface area contributed by atoms with Gasteiger partial charge in [0.05, 0.1) is 0 Å². The van der Waals surface area contributed by atoms with E-state index < -0.39 is 0 Å². The standard InChI is InChI=1S/C9H15N3/c1-9(2,3)7-5-4-6-8(11-7)12-10/h4-6H,10H2,1-3H3,(H,11,12). The number of hydrazine groups is 1. The van der Waals surface area contributed by atoms with Gasteiger partial charge in [-0.2, -0.15) is 0 Å². The van der Waals surface area contributed by atoms with Crippen molar-refractivity contribution in [3.8, 4) is 0 Å². The number of hydrogen-bond donors (Lipinski definition) is 2. The first kappa shape index (κ1) is 9.00. The molecule has 1 rings (SSSR count). The molecule has 0 aliphatic heterocycles. The topological polar surface area (TPSA) is 50.9 Å². The van der Waals surface area contributed by atoms with Crippen LogP contribution in [-0.2, 0) is 5.41 Å². The van der Waals surface area contributed by atoms with E-state index in [4.69, 9.17) is 5.84 Å². The van der Waals surface area contributed by atoms with E-state index in [-0.39, 0.29) is 5.41 Å². The normalized spacial score (nSPS) is 11.3. The molecule has 1 aromatic rings. The molecule has 0 aliphatic rings. The lowest BCUT2D eigenvalue weighted by molar-refractivity contribution is 0.569. The van der Waals surface area contributed by atoms with Crippen molar-refractivity contribution in [1.82, 2.24) is 4.98 Å². The lowest BCUT2D eigenvalue weighted by Gasteiger charge is -2.17. The Bertz CT molecular complexity index is 263. The van der Waals surface area contributed by atoms with Crippen LogP contribution in [0.15, 0.2) is 18.2 Å². The molecule has 0 bridgehead atoms. The van der Waals surface area contributed by atoms with E-state index in [0.29, 0.717) is 5.82 Å². The fraction of sp³-hybridized carbons (Fsp3) is 0.444. The monoisotopic (exact) mass is 165 g/mol. The second-order valence-corrected chi connectivity index (χ2v) is 3.80. The van der Waals surface area contributed by atoms with Gasteiger partial charge in [0.2, 0.25) is 0 Å². The second kappa shape index (κ2) is 3.11. The number of aromatic nitrogens is 1. The van der Waals surface area contributed by atoms with Crippen molar-refractivity contribution in [3.63, 3.8) is 0 Å². The highest BCUT2D eigenvalue weighted by atomic mass is 15.2. The zero-order chi connectivity index (χ0) is 9.19. The van der Waals surface area contributed by atoms with Crippen molar-refractivity contribution in [1.29, 1.82) is 0 Å². The molecule has 0 saturated carbocycles. The zero-order valence-electron chi connectivity index (χ0n) is 7.76. The third kappa shape index (κ3) is 1.95. The number of nitrogens with two attached hydrogens (primary N) is 1. The summed E-state index contributed by atoms with van der Waals surface area (Å²) in [6.07, 6.45) is 0. The minimum atomic E-state index is 0.0762. The van der Waals surface area contributed by atoms with E-state index in [1.165, 1.54) is 0 Å². The van der Waals surface area contributed by atoms with Gasteiger partial charge < -0.3 is 5.43 Å². The van der Waals surface area contributed by atoms with Crippen LogP contribution in [0.4, 0.5) is 5.82 Å². The lowest BCUT2D eigenvalue weighted by Crippen LogP contribution is -2.16. The predicted octanol–water partition coefficient (Wildman–Crippen LogP) is 1.66. The van der Waals surface area contributed by atoms with Crippen molar-refractivity contribution in [3.05, 3.63) is 23.9 Å². The summed E-state index contributed by atoms with van der Waals surface area (Å²) in [5.41, 5.74) is 3.64. The number of nitrogens with one attached hydrogen (secondary N) is 1. The van der Waals surface area contributed by atoms with Crippen LogP contribution in [0.5, 0.6) is 0 Å². The molecular weight excluding hydrogens is 150 g/mol. The Morgan fingerprint density at radius 2 is 2.00 bits per heavy atom. The molecule has 0 radical (unpaired) electrons. The van der Waals surface area contributed by atoms with E-state index in [2.05, 4.69) is 31.2 Å². The Hall–Kier alpha value is -1.09. The summed E-state index contributed by atoms with van der Waals surface area (Å²) in [7, 11) is 0. The van der Waals surface area contributed by atoms with Crippen LogP contribution in [-0.4, -0.2) is 4.98 Å². The molecule has 0 aliphatic carbocycles. The van der Waals surface area contributed by atoms with Crippen LogP contribution in [0.25, 0.3) is 0 Å². The summed E-state index contributed by atoms with van der Waals surface area (Å²) in [5, 5.41) is 0. The van der Waals surface area contributed by atoms with Crippen molar-refractivity contribution in [2.75, 3.05) is 5.43 Å². The maximum absolute atomic E-state index is 5.25. The van der Waals surface area contributed by atoms with Crippen LogP contribution in [0.1, 0.15) is 26.5 Å². The fourth-order valence-corrected chi connectivity index (χ4v) is 0.933. The maximum Gasteiger partial charge on any atom is 0.140 e. The maximum atomic E-state index is 5.25. The Morgan fingerprint density at radius 3 is 2.50 bits per heavy atom. The molecule has 0 saturated heterocycles. The molecule has 3 heteroatoms. The van der Waals surface area contributed by atoms with Crippen LogP contribution in [0.3, 0.4) is 0 Å². The first-order chi connectivity index (χ1) is 5.54. The summed E-state index contributed by atoms with van der Waals surface area (Å²) in [5.74, 6) is 5.96. The second-order valence-electron chi connectivity index (χ2n) is 3.80. The van der Waals surface area contributed by atoms with E-state index in [0.717, 1.165) is 5.69 Å². The number of pyridine rings is 1. The van der Waals surface area contributed by atoms with Gasteiger partial charge >= 0.3 is 0 Å². The summed E-state index contributed by atoms with van der Waals surface area (Å²) >= 11 is 0. The third-order valence-corrected chi connectivity index (χ3v) is 1.67. The number of anilines is 1. The average Bonchev–Trinajstić information content (AvgIpc) is 2.03. The molecule has 0 fully saturated rings. The molecule has 0 aromatic carbocycles. The number of nitrogen functional groups attached to an aromatic ring is 1. The van der Waals surface area contributed by atoms with Gasteiger partial charge in [-0.1, -0.05) is 26.8 Å². The molecule has 3 N–H and O–H groups in total. The summed E-state index contributed by atoms with van der Waals surface area (Å²) in [6.45, 7) is 6.36. The highest BCUT2D eigenvalue weighted by molar-refractivity contribution is 5.35. The van der Waals surface area contributed by atoms with Crippen molar-refractivity contribution < 1.29 is 0 Å². The molecule has 1 heterocycles. The minimum absolute atomic E-state index is 0.0762. The number of rotatable bonds is 1. The van der Waals surface area contributed by atoms with Gasteiger partial charge in [0, 0.05) is 11.1 Å². The molecule has 0 unspecified atom stereocenters. The van der Waals surface area contributed by atoms with Crippen LogP contribution < -0.4 is 11.3 Å². The highest BCUT2D eigenvalue weighted by Gasteiger charge is 2.14. The predicted molar refractivity (Wildman–Crippen MR) is 50.7 cm³/mol. The number of nitrogens with zero attached hydrogens (tertiary/aromatic N) is 1. The summed E-state index contributed by atoms with van der Waals surface area (Å²) < 4.78 is 0. The fourth-order valence-electron chi connectivity index (χ4n) is 0.933. The Balaban J connectivity index is 3.02. The van der Waals surface area contributed by atoms with Gasteiger partial charge in [0.1, 0.15) is 5.82 Å². The van der Waals surface area contributed by atoms with Crippen molar-refractivity contribution >= 4 is 5.82 Å². The van der Waals surface area contributed by atoms with Crippen molar-refractivity contribution in [2.24, 2.45) is 5.84 Å². The van der Waals surface area contributed by atoms with E-state index >= 15 is 0 Å². The molecular formula is C9H15N3. The van der Waals surface area contributed by atoms with Gasteiger partial charge in [-0.3, -0.25) is 0 Å². The van der Waals surface area contributed by atoms with E-state index in [1.807, 2.05) is 18.2 Å². The Labute approximate surface area is 73.0 Å². The van der Waals surface area contributed by atoms with Gasteiger partial charge in [-0.05, 0) is 12.1 Å². The van der Waals surface area contributed by atoms with Crippen LogP contribution in [0, 0.1) is 0 Å². The van der Waals surface area contributed by atoms with Crippen LogP contribution >= 0.6 is 0 Å². The molecule has 0 atom stereocenters. The molecule has 12 heavy (non-hydrogen) atoms. The molecule has 0 spiro atoms. The average molecular weight is 165 g/mol. The van der Waals surface area contributed by atoms with Gasteiger partial charge in [0.25, 0.3) is 0 Å². The molecule has 0 amide bonds. The summed E-state index contributed by atoms with van der Waals surface area (Å²) in [4.78, 5) is 4.33. The Morgan fingerprint density at radius 1 is 1.33 bits per heavy atom. The van der Waals surface area contributed by atoms with E-state index in [9.17, 15) is 0 Å². The van der Waals surface area contributed by atoms with Crippen LogP contribution in [0.2, 0.25) is 0 Å². The minimum Gasteiger partial charge on any atom is -0.308 e. The molecule has 3 nitrogen and oxygen atoms in total. The van der Waals surface area contributed by atoms with Gasteiger partial charge in [-0.25, -0.2) is 10.8 Å². The van der Waals surface area contributed by atoms with Gasteiger partial charge in [-0.15, -0.1) is 0 Å². The smallest absolute Gasteiger partial charge is 0.140 e. The van der Waals surface area contributed by atoms with E-state index in [1.54, 1.807) is 0 Å². The SMILES string of the molecule is CC(C)(C)c1cccc(NN)n1. The Kier molecular flexibility index (Phi) is 2.33. The first-order valence-corrected chi connectivity index (χ1v) is 3.98. The third-order valence-electron chi connectivity index (χ3n) is 1.67. The lowest BCUT2D eigenvalue weighted by atomic mass is 9.92.